The van der Waals surface area contributed by atoms with Gasteiger partial charge in [0.15, 0.2) is 0 Å². The van der Waals surface area contributed by atoms with Crippen LogP contribution in [0.4, 0.5) is 14.9 Å². The van der Waals surface area contributed by atoms with Gasteiger partial charge in [-0.2, -0.15) is 10.5 Å². The molecule has 1 amide bonds. The number of pyridine rings is 1. The van der Waals surface area contributed by atoms with Crippen LogP contribution >= 0.6 is 0 Å². The van der Waals surface area contributed by atoms with Crippen LogP contribution in [0.1, 0.15) is 81.2 Å². The summed E-state index contributed by atoms with van der Waals surface area (Å²) in [5.41, 5.74) is 2.68. The fraction of sp³-hybridized carbons (Fsp3) is 0.355. The van der Waals surface area contributed by atoms with Crippen molar-refractivity contribution < 1.29 is 18.7 Å². The highest BCUT2D eigenvalue weighted by Crippen LogP contribution is 2.35. The molecule has 0 radical (unpaired) electrons. The second kappa shape index (κ2) is 13.9. The molecule has 2 aromatic carbocycles. The number of benzene rings is 2. The van der Waals surface area contributed by atoms with E-state index in [1.807, 2.05) is 19.9 Å². The highest BCUT2D eigenvalue weighted by Gasteiger charge is 2.27. The number of aryl methyl sites for hydroxylation is 1. The van der Waals surface area contributed by atoms with Crippen molar-refractivity contribution in [1.82, 2.24) is 4.98 Å². The highest BCUT2D eigenvalue weighted by molar-refractivity contribution is 5.88. The Morgan fingerprint density at radius 2 is 1.72 bits per heavy atom. The molecule has 0 spiro atoms. The monoisotopic (exact) mass is 530 g/mol. The van der Waals surface area contributed by atoms with Crippen LogP contribution in [-0.4, -0.2) is 16.7 Å². The molecule has 0 saturated heterocycles. The molecule has 1 heterocycles. The maximum Gasteiger partial charge on any atom is 0.415 e. The van der Waals surface area contributed by atoms with E-state index in [0.717, 1.165) is 5.56 Å². The first-order chi connectivity index (χ1) is 18.5. The second-order valence-electron chi connectivity index (χ2n) is 9.55. The van der Waals surface area contributed by atoms with Crippen molar-refractivity contribution in [1.29, 1.82) is 10.5 Å². The summed E-state index contributed by atoms with van der Waals surface area (Å²) in [6.45, 7) is 12.5. The number of nitrogens with zero attached hydrogens (tertiary/aromatic N) is 4. The van der Waals surface area contributed by atoms with Crippen LogP contribution in [0.5, 0.6) is 5.75 Å². The zero-order valence-corrected chi connectivity index (χ0v) is 23.6. The molecular formula is C31H35FN4O3. The number of hydrogen-bond acceptors (Lipinski definition) is 6. The molecule has 1 atom stereocenters. The van der Waals surface area contributed by atoms with Crippen molar-refractivity contribution in [3.63, 3.8) is 0 Å². The molecular weight excluding hydrogens is 495 g/mol. The predicted molar refractivity (Wildman–Crippen MR) is 149 cm³/mol. The number of alkyl halides is 1. The first kappa shape index (κ1) is 30.8. The molecule has 1 unspecified atom stereocenters. The van der Waals surface area contributed by atoms with Gasteiger partial charge in [0, 0.05) is 23.0 Å². The summed E-state index contributed by atoms with van der Waals surface area (Å²) < 4.78 is 26.7. The smallest absolute Gasteiger partial charge is 0.415 e. The Hall–Kier alpha value is -4.43. The Bertz CT molecular complexity index is 1350. The lowest BCUT2D eigenvalue weighted by atomic mass is 10.0. The zero-order valence-electron chi connectivity index (χ0n) is 23.6. The van der Waals surface area contributed by atoms with Gasteiger partial charge in [-0.15, -0.1) is 0 Å². The van der Waals surface area contributed by atoms with Gasteiger partial charge in [0.25, 0.3) is 0 Å². The minimum atomic E-state index is -1.42. The number of carbonyl (C=O) groups is 1. The number of rotatable bonds is 7. The number of hydrogen-bond donors (Lipinski definition) is 0. The third-order valence-electron chi connectivity index (χ3n) is 5.42. The summed E-state index contributed by atoms with van der Waals surface area (Å²) in [5, 5.41) is 18.3. The molecule has 0 aliphatic heterocycles. The van der Waals surface area contributed by atoms with E-state index in [1.54, 1.807) is 70.2 Å². The molecule has 0 aliphatic rings. The fourth-order valence-electron chi connectivity index (χ4n) is 3.74. The van der Waals surface area contributed by atoms with E-state index in [0.29, 0.717) is 33.8 Å². The van der Waals surface area contributed by atoms with Crippen molar-refractivity contribution in [2.75, 3.05) is 4.90 Å². The molecule has 0 aliphatic carbocycles. The SMILES string of the molecule is CC.Cc1ncc(CN(C(=O)OC(C)(C)C)c2ccc(C#N)cc2)c(C(C)F)c1OCc1cccc(C#N)c1. The van der Waals surface area contributed by atoms with Gasteiger partial charge >= 0.3 is 6.09 Å². The average Bonchev–Trinajstić information content (AvgIpc) is 2.91. The van der Waals surface area contributed by atoms with Gasteiger partial charge in [-0.1, -0.05) is 26.0 Å². The molecule has 0 fully saturated rings. The van der Waals surface area contributed by atoms with Crippen LogP contribution in [-0.2, 0) is 17.9 Å². The minimum Gasteiger partial charge on any atom is -0.487 e. The van der Waals surface area contributed by atoms with Crippen LogP contribution in [0.15, 0.2) is 54.7 Å². The first-order valence-electron chi connectivity index (χ1n) is 12.8. The lowest BCUT2D eigenvalue weighted by Crippen LogP contribution is -2.36. The first-order valence-corrected chi connectivity index (χ1v) is 12.8. The molecule has 3 aromatic rings. The Morgan fingerprint density at radius 1 is 1.08 bits per heavy atom. The molecule has 204 valence electrons. The number of amides is 1. The maximum atomic E-state index is 15.1. The van der Waals surface area contributed by atoms with Crippen LogP contribution < -0.4 is 9.64 Å². The van der Waals surface area contributed by atoms with Crippen LogP contribution in [0, 0.1) is 29.6 Å². The van der Waals surface area contributed by atoms with Crippen molar-refractivity contribution in [3.05, 3.63) is 88.2 Å². The van der Waals surface area contributed by atoms with Crippen molar-refractivity contribution >= 4 is 11.8 Å². The zero-order chi connectivity index (χ0) is 29.2. The number of nitriles is 2. The average molecular weight is 531 g/mol. The molecule has 0 bridgehead atoms. The molecule has 0 N–H and O–H groups in total. The van der Waals surface area contributed by atoms with E-state index in [4.69, 9.17) is 20.0 Å². The highest BCUT2D eigenvalue weighted by atomic mass is 19.1. The van der Waals surface area contributed by atoms with Crippen LogP contribution in [0.3, 0.4) is 0 Å². The number of halogens is 1. The Balaban J connectivity index is 0.00000260. The van der Waals surface area contributed by atoms with Crippen LogP contribution in [0.2, 0.25) is 0 Å². The lowest BCUT2D eigenvalue weighted by Gasteiger charge is -2.29. The third-order valence-corrected chi connectivity index (χ3v) is 5.42. The number of ether oxygens (including phenoxy) is 2. The number of anilines is 1. The quantitative estimate of drug-likeness (QED) is 0.310. The van der Waals surface area contributed by atoms with Gasteiger partial charge in [0.1, 0.15) is 24.1 Å². The van der Waals surface area contributed by atoms with Crippen LogP contribution in [0.25, 0.3) is 0 Å². The topological polar surface area (TPSA) is 99.2 Å². The van der Waals surface area contributed by atoms with Gasteiger partial charge in [0.2, 0.25) is 0 Å². The Kier molecular flexibility index (Phi) is 11.0. The van der Waals surface area contributed by atoms with Gasteiger partial charge in [-0.25, -0.2) is 9.18 Å². The van der Waals surface area contributed by atoms with E-state index in [9.17, 15) is 4.79 Å². The summed E-state index contributed by atoms with van der Waals surface area (Å²) in [7, 11) is 0. The molecule has 0 saturated carbocycles. The van der Waals surface area contributed by atoms with Gasteiger partial charge in [-0.05, 0) is 76.6 Å². The molecule has 7 nitrogen and oxygen atoms in total. The summed E-state index contributed by atoms with van der Waals surface area (Å²) in [6, 6.07) is 17.6. The van der Waals surface area contributed by atoms with Gasteiger partial charge in [-0.3, -0.25) is 9.88 Å². The predicted octanol–water partition coefficient (Wildman–Crippen LogP) is 7.71. The summed E-state index contributed by atoms with van der Waals surface area (Å²) in [5.74, 6) is 0.291. The van der Waals surface area contributed by atoms with E-state index in [-0.39, 0.29) is 18.7 Å². The Morgan fingerprint density at radius 3 is 2.28 bits per heavy atom. The molecule has 39 heavy (non-hydrogen) atoms. The Labute approximate surface area is 230 Å². The van der Waals surface area contributed by atoms with Gasteiger partial charge < -0.3 is 9.47 Å². The van der Waals surface area contributed by atoms with E-state index >= 15 is 4.39 Å². The van der Waals surface area contributed by atoms with E-state index in [1.165, 1.54) is 18.0 Å². The van der Waals surface area contributed by atoms with Crippen molar-refractivity contribution in [3.8, 4) is 17.9 Å². The normalized spacial score (nSPS) is 11.2. The maximum absolute atomic E-state index is 15.1. The number of aromatic nitrogens is 1. The molecule has 1 aromatic heterocycles. The fourth-order valence-corrected chi connectivity index (χ4v) is 3.74. The lowest BCUT2D eigenvalue weighted by molar-refractivity contribution is 0.0577. The minimum absolute atomic E-state index is 0.0298. The molecule has 3 rings (SSSR count). The summed E-state index contributed by atoms with van der Waals surface area (Å²) in [4.78, 5) is 19.0. The van der Waals surface area contributed by atoms with Crippen molar-refractivity contribution in [2.45, 2.75) is 73.4 Å². The third kappa shape index (κ3) is 8.55. The number of carbonyl (C=O) groups excluding carboxylic acids is 1. The second-order valence-corrected chi connectivity index (χ2v) is 9.55. The molecule has 8 heteroatoms. The van der Waals surface area contributed by atoms with E-state index < -0.39 is 17.9 Å². The standard InChI is InChI=1S/C29H29FN4O3.C2H6/c1-19(30)26-24(16-33-20(2)27(26)36-18-23-8-6-7-22(13-23)15-32)17-34(28(35)37-29(3,4)5)25-11-9-21(14-31)10-12-25;1-2/h6-13,16,19H,17-18H2,1-5H3;1-2H3. The van der Waals surface area contributed by atoms with E-state index in [2.05, 4.69) is 17.1 Å². The van der Waals surface area contributed by atoms with Gasteiger partial charge in [0.05, 0.1) is 35.5 Å². The summed E-state index contributed by atoms with van der Waals surface area (Å²) >= 11 is 0. The largest absolute Gasteiger partial charge is 0.487 e. The summed E-state index contributed by atoms with van der Waals surface area (Å²) in [6.07, 6.45) is -0.505. The van der Waals surface area contributed by atoms with Crippen molar-refractivity contribution in [2.24, 2.45) is 0 Å².